The van der Waals surface area contributed by atoms with Gasteiger partial charge in [0.15, 0.2) is 0 Å². The Hall–Kier alpha value is -5.04. The van der Waals surface area contributed by atoms with Gasteiger partial charge < -0.3 is 14.9 Å². The summed E-state index contributed by atoms with van der Waals surface area (Å²) in [5.74, 6) is 1.00. The molecule has 8 rings (SSSR count). The Morgan fingerprint density at radius 3 is 2.44 bits per heavy atom. The molecule has 7 aromatic rings. The second-order valence-electron chi connectivity index (χ2n) is 12.8. The molecule has 0 saturated carbocycles. The van der Waals surface area contributed by atoms with Gasteiger partial charge in [-0.1, -0.05) is 98.4 Å². The molecule has 1 aliphatic rings. The number of nitrogens with one attached hydrogen (secondary N) is 2. The molecule has 6 heteroatoms. The molecule has 0 bridgehead atoms. The molecule has 242 valence electrons. The minimum atomic E-state index is 0. The number of fused-ring (bicyclic) bond motifs is 3. The Kier molecular flexibility index (Phi) is 9.46. The molecule has 0 radical (unpaired) electrons. The number of aromatic amines is 1. The highest BCUT2D eigenvalue weighted by Crippen LogP contribution is 2.35. The molecule has 1 atom stereocenters. The second kappa shape index (κ2) is 14.4. The van der Waals surface area contributed by atoms with Crippen molar-refractivity contribution in [3.8, 4) is 0 Å². The number of pyridine rings is 1. The highest BCUT2D eigenvalue weighted by molar-refractivity contribution is 5.84. The first kappa shape index (κ1) is 31.6. The Morgan fingerprint density at radius 2 is 1.56 bits per heavy atom. The Balaban J connectivity index is 0.00000364. The largest absolute Gasteiger partial charge is 0.343 e. The van der Waals surface area contributed by atoms with E-state index in [4.69, 9.17) is 9.97 Å². The highest BCUT2D eigenvalue weighted by Gasteiger charge is 2.28. The molecule has 1 aliphatic carbocycles. The summed E-state index contributed by atoms with van der Waals surface area (Å²) in [5, 5.41) is 5.03. The summed E-state index contributed by atoms with van der Waals surface area (Å²) < 4.78 is 2.37. The van der Waals surface area contributed by atoms with E-state index in [9.17, 15) is 0 Å². The van der Waals surface area contributed by atoms with Gasteiger partial charge in [-0.15, -0.1) is 0 Å². The number of imidazole rings is 1. The van der Waals surface area contributed by atoms with Gasteiger partial charge in [0.2, 0.25) is 0 Å². The Labute approximate surface area is 283 Å². The summed E-state index contributed by atoms with van der Waals surface area (Å²) in [6, 6.07) is 41.4. The predicted molar refractivity (Wildman–Crippen MR) is 196 cm³/mol. The van der Waals surface area contributed by atoms with Crippen LogP contribution in [-0.2, 0) is 39.1 Å². The van der Waals surface area contributed by atoms with Crippen molar-refractivity contribution in [3.63, 3.8) is 0 Å². The fourth-order valence-corrected chi connectivity index (χ4v) is 7.20. The lowest BCUT2D eigenvalue weighted by Gasteiger charge is -2.34. The third kappa shape index (κ3) is 6.82. The Bertz CT molecular complexity index is 2060. The van der Waals surface area contributed by atoms with Crippen LogP contribution in [0.15, 0.2) is 128 Å². The molecule has 3 aromatic heterocycles. The number of aromatic nitrogens is 4. The molecule has 0 amide bonds. The van der Waals surface area contributed by atoms with E-state index in [1.807, 2.05) is 12.3 Å². The quantitative estimate of drug-likeness (QED) is 0.149. The van der Waals surface area contributed by atoms with Gasteiger partial charge in [-0.2, -0.15) is 0 Å². The maximum atomic E-state index is 4.93. The van der Waals surface area contributed by atoms with Crippen LogP contribution in [0.2, 0.25) is 0 Å². The lowest BCUT2D eigenvalue weighted by atomic mass is 9.90. The van der Waals surface area contributed by atoms with Gasteiger partial charge in [0.05, 0.1) is 29.3 Å². The lowest BCUT2D eigenvalue weighted by molar-refractivity contribution is 0.153. The average molecular weight is 633 g/mol. The maximum Gasteiger partial charge on any atom is 0.121 e. The van der Waals surface area contributed by atoms with Crippen molar-refractivity contribution in [1.29, 1.82) is 0 Å². The molecule has 4 aromatic carbocycles. The van der Waals surface area contributed by atoms with Crippen LogP contribution in [0, 0.1) is 0 Å². The molecule has 1 unspecified atom stereocenters. The molecule has 0 saturated heterocycles. The van der Waals surface area contributed by atoms with E-state index in [0.29, 0.717) is 0 Å². The minimum absolute atomic E-state index is 0. The zero-order valence-corrected chi connectivity index (χ0v) is 26.6. The summed E-state index contributed by atoms with van der Waals surface area (Å²) in [6.07, 6.45) is 7.64. The van der Waals surface area contributed by atoms with Crippen molar-refractivity contribution in [2.45, 2.75) is 65.5 Å². The van der Waals surface area contributed by atoms with Crippen molar-refractivity contribution in [2.75, 3.05) is 0 Å². The summed E-state index contributed by atoms with van der Waals surface area (Å²) in [6.45, 7) is 4.10. The van der Waals surface area contributed by atoms with E-state index in [1.54, 1.807) is 0 Å². The van der Waals surface area contributed by atoms with E-state index in [0.717, 1.165) is 62.4 Å². The number of hydrogen-bond donors (Lipinski definition) is 2. The summed E-state index contributed by atoms with van der Waals surface area (Å²) in [7, 11) is 0. The first-order chi connectivity index (χ1) is 23.3. The van der Waals surface area contributed by atoms with Gasteiger partial charge in [-0.3, -0.25) is 9.88 Å². The minimum Gasteiger partial charge on any atom is -0.343 e. The number of benzene rings is 4. The monoisotopic (exact) mass is 632 g/mol. The molecular weight excluding hydrogens is 589 g/mol. The molecule has 0 spiro atoms. The van der Waals surface area contributed by atoms with Crippen molar-refractivity contribution in [2.24, 2.45) is 0 Å². The van der Waals surface area contributed by atoms with Crippen LogP contribution in [-0.4, -0.2) is 24.4 Å². The van der Waals surface area contributed by atoms with Crippen molar-refractivity contribution in [3.05, 3.63) is 167 Å². The molecule has 3 heterocycles. The highest BCUT2D eigenvalue weighted by atomic mass is 15.2. The first-order valence-electron chi connectivity index (χ1n) is 16.8. The normalized spacial score (nSPS) is 14.3. The van der Waals surface area contributed by atoms with E-state index in [-0.39, 0.29) is 13.5 Å². The number of nitrogens with zero attached hydrogens (tertiary/aromatic N) is 4. The van der Waals surface area contributed by atoms with Crippen LogP contribution in [0.5, 0.6) is 0 Å². The lowest BCUT2D eigenvalue weighted by Crippen LogP contribution is -2.31. The summed E-state index contributed by atoms with van der Waals surface area (Å²) >= 11 is 0. The third-order valence-electron chi connectivity index (χ3n) is 9.52. The van der Waals surface area contributed by atoms with E-state index in [1.165, 1.54) is 50.8 Å². The van der Waals surface area contributed by atoms with Crippen molar-refractivity contribution < 1.29 is 0 Å². The molecule has 2 N–H and O–H groups in total. The van der Waals surface area contributed by atoms with E-state index >= 15 is 0 Å². The van der Waals surface area contributed by atoms with Crippen LogP contribution in [0.3, 0.4) is 0 Å². The molecule has 48 heavy (non-hydrogen) atoms. The van der Waals surface area contributed by atoms with Gasteiger partial charge >= 0.3 is 0 Å². The van der Waals surface area contributed by atoms with Crippen molar-refractivity contribution >= 4 is 21.9 Å². The summed E-state index contributed by atoms with van der Waals surface area (Å²) in [4.78, 5) is 15.9. The zero-order chi connectivity index (χ0) is 31.4. The summed E-state index contributed by atoms with van der Waals surface area (Å²) in [5.41, 5.74) is 11.2. The molecule has 6 nitrogen and oxygen atoms in total. The van der Waals surface area contributed by atoms with Gasteiger partial charge in [-0.05, 0) is 71.3 Å². The van der Waals surface area contributed by atoms with Gasteiger partial charge in [0.25, 0.3) is 0 Å². The SMILES string of the molecule is C.c1ccc(Cn2cc(CNCc3ccc(CN(Cc4nc5ccccc5[nH]4)C4CCCc5cccnc54)cc3)c3ccccc32)cc1. The van der Waals surface area contributed by atoms with Gasteiger partial charge in [0, 0.05) is 49.5 Å². The standard InChI is InChI=1S/C41H40N6.CH4/c1-2-10-31(11-3-1)26-46-28-34(35-14-4-7-17-38(35)46)25-42-24-30-19-21-32(22-20-30)27-47(29-40-44-36-15-5-6-16-37(36)45-40)39-18-8-12-33-13-9-23-43-41(33)39;/h1-7,9-11,13-17,19-23,28,39,42H,8,12,18,24-27,29H2,(H,44,45);1H4. The smallest absolute Gasteiger partial charge is 0.121 e. The van der Waals surface area contributed by atoms with Crippen molar-refractivity contribution in [1.82, 2.24) is 29.7 Å². The van der Waals surface area contributed by atoms with Crippen LogP contribution in [0.25, 0.3) is 21.9 Å². The maximum absolute atomic E-state index is 4.93. The van der Waals surface area contributed by atoms with Crippen LogP contribution in [0.1, 0.15) is 65.6 Å². The fourth-order valence-electron chi connectivity index (χ4n) is 7.20. The van der Waals surface area contributed by atoms with Crippen LogP contribution < -0.4 is 5.32 Å². The molecular formula is C42H44N6. The Morgan fingerprint density at radius 1 is 0.771 bits per heavy atom. The van der Waals surface area contributed by atoms with Gasteiger partial charge in [-0.25, -0.2) is 4.98 Å². The first-order valence-corrected chi connectivity index (χ1v) is 16.8. The molecule has 0 aliphatic heterocycles. The fraction of sp³-hybridized carbons (Fsp3) is 0.238. The van der Waals surface area contributed by atoms with Crippen LogP contribution >= 0.6 is 0 Å². The number of aryl methyl sites for hydroxylation is 1. The number of H-pyrrole nitrogens is 1. The average Bonchev–Trinajstić information content (AvgIpc) is 3.69. The zero-order valence-electron chi connectivity index (χ0n) is 26.6. The van der Waals surface area contributed by atoms with E-state index in [2.05, 4.69) is 135 Å². The van der Waals surface area contributed by atoms with E-state index < -0.39 is 0 Å². The number of hydrogen-bond acceptors (Lipinski definition) is 4. The second-order valence-corrected chi connectivity index (χ2v) is 12.8. The number of para-hydroxylation sites is 3. The van der Waals surface area contributed by atoms with Crippen LogP contribution in [0.4, 0.5) is 0 Å². The predicted octanol–water partition coefficient (Wildman–Crippen LogP) is 8.97. The third-order valence-corrected chi connectivity index (χ3v) is 9.52. The van der Waals surface area contributed by atoms with Gasteiger partial charge in [0.1, 0.15) is 5.82 Å². The topological polar surface area (TPSA) is 61.8 Å². The molecule has 0 fully saturated rings. The number of rotatable bonds is 11.